The van der Waals surface area contributed by atoms with Gasteiger partial charge in [0, 0.05) is 12.6 Å². The van der Waals surface area contributed by atoms with E-state index in [1.54, 1.807) is 0 Å². The van der Waals surface area contributed by atoms with Gasteiger partial charge in [0.1, 0.15) is 0 Å². The van der Waals surface area contributed by atoms with E-state index in [4.69, 9.17) is 0 Å². The first kappa shape index (κ1) is 10.5. The van der Waals surface area contributed by atoms with Gasteiger partial charge in [0.15, 0.2) is 0 Å². The van der Waals surface area contributed by atoms with Crippen molar-refractivity contribution in [1.82, 2.24) is 4.90 Å². The molecule has 3 aliphatic heterocycles. The summed E-state index contributed by atoms with van der Waals surface area (Å²) in [6, 6.07) is 0.892. The average molecular weight is 195 g/mol. The smallest absolute Gasteiger partial charge is 0.0121 e. The lowest BCUT2D eigenvalue weighted by Gasteiger charge is -2.52. The lowest BCUT2D eigenvalue weighted by molar-refractivity contribution is -0.0331. The highest BCUT2D eigenvalue weighted by atomic mass is 15.2. The molecule has 0 N–H and O–H groups in total. The number of piperidine rings is 3. The predicted molar refractivity (Wildman–Crippen MR) is 61.3 cm³/mol. The largest absolute Gasteiger partial charge is 0.300 e. The van der Waals surface area contributed by atoms with Crippen molar-refractivity contribution >= 4 is 0 Å². The van der Waals surface area contributed by atoms with Gasteiger partial charge in [-0.15, -0.1) is 0 Å². The molecule has 0 saturated carbocycles. The van der Waals surface area contributed by atoms with Crippen molar-refractivity contribution in [3.05, 3.63) is 0 Å². The molecular weight excluding hydrogens is 170 g/mol. The van der Waals surface area contributed by atoms with Gasteiger partial charge in [0.2, 0.25) is 0 Å². The molecule has 82 valence electrons. The van der Waals surface area contributed by atoms with Gasteiger partial charge in [-0.3, -0.25) is 4.90 Å². The maximum Gasteiger partial charge on any atom is 0.0121 e. The van der Waals surface area contributed by atoms with Crippen LogP contribution in [0.3, 0.4) is 0 Å². The Labute approximate surface area is 88.9 Å². The summed E-state index contributed by atoms with van der Waals surface area (Å²) in [6.07, 6.45) is 2.94. The first-order chi connectivity index (χ1) is 6.59. The molecule has 3 saturated heterocycles. The van der Waals surface area contributed by atoms with E-state index in [0.717, 1.165) is 29.7 Å². The molecule has 0 aliphatic carbocycles. The van der Waals surface area contributed by atoms with Gasteiger partial charge < -0.3 is 0 Å². The minimum Gasteiger partial charge on any atom is -0.300 e. The van der Waals surface area contributed by atoms with Crippen LogP contribution in [-0.2, 0) is 0 Å². The lowest BCUT2D eigenvalue weighted by atomic mass is 9.69. The van der Waals surface area contributed by atoms with Gasteiger partial charge in [-0.2, -0.15) is 0 Å². The van der Waals surface area contributed by atoms with Crippen molar-refractivity contribution in [3.63, 3.8) is 0 Å². The van der Waals surface area contributed by atoms with Crippen LogP contribution in [0.15, 0.2) is 0 Å². The van der Waals surface area contributed by atoms with Crippen molar-refractivity contribution in [1.29, 1.82) is 0 Å². The van der Waals surface area contributed by atoms with Crippen molar-refractivity contribution in [2.24, 2.45) is 23.7 Å². The van der Waals surface area contributed by atoms with Gasteiger partial charge in [-0.05, 0) is 43.1 Å². The van der Waals surface area contributed by atoms with E-state index in [2.05, 4.69) is 32.6 Å². The SMILES string of the molecule is CC(C)C1CN2CC[C@H]1CC2C(C)C. The normalized spacial score (nSPS) is 42.4. The average Bonchev–Trinajstić information content (AvgIpc) is 2.18. The first-order valence-corrected chi connectivity index (χ1v) is 6.33. The van der Waals surface area contributed by atoms with Gasteiger partial charge in [0.05, 0.1) is 0 Å². The zero-order valence-electron chi connectivity index (χ0n) is 10.2. The lowest BCUT2D eigenvalue weighted by Crippen LogP contribution is -2.56. The highest BCUT2D eigenvalue weighted by Crippen LogP contribution is 2.41. The first-order valence-electron chi connectivity index (χ1n) is 6.33. The predicted octanol–water partition coefficient (Wildman–Crippen LogP) is 3.01. The van der Waals surface area contributed by atoms with Gasteiger partial charge in [0.25, 0.3) is 0 Å². The Balaban J connectivity index is 2.05. The third-order valence-electron chi connectivity index (χ3n) is 4.48. The summed E-state index contributed by atoms with van der Waals surface area (Å²) in [5.41, 5.74) is 0. The number of fused-ring (bicyclic) bond motifs is 3. The van der Waals surface area contributed by atoms with Crippen molar-refractivity contribution in [2.45, 2.75) is 46.6 Å². The Morgan fingerprint density at radius 1 is 1.07 bits per heavy atom. The van der Waals surface area contributed by atoms with Crippen LogP contribution in [0.5, 0.6) is 0 Å². The highest BCUT2D eigenvalue weighted by Gasteiger charge is 2.41. The van der Waals surface area contributed by atoms with E-state index >= 15 is 0 Å². The van der Waals surface area contributed by atoms with Crippen molar-refractivity contribution < 1.29 is 0 Å². The molecule has 0 amide bonds. The van der Waals surface area contributed by atoms with E-state index in [-0.39, 0.29) is 0 Å². The van der Waals surface area contributed by atoms with Crippen LogP contribution in [0.2, 0.25) is 0 Å². The Hall–Kier alpha value is -0.0400. The Morgan fingerprint density at radius 2 is 1.79 bits per heavy atom. The third kappa shape index (κ3) is 1.71. The summed E-state index contributed by atoms with van der Waals surface area (Å²) in [7, 11) is 0. The monoisotopic (exact) mass is 195 g/mol. The maximum atomic E-state index is 2.76. The Morgan fingerprint density at radius 3 is 2.21 bits per heavy atom. The molecule has 3 unspecified atom stereocenters. The zero-order valence-corrected chi connectivity index (χ0v) is 10.2. The Bertz CT molecular complexity index is 175. The topological polar surface area (TPSA) is 3.24 Å². The fourth-order valence-electron chi connectivity index (χ4n) is 3.56. The molecule has 3 heterocycles. The van der Waals surface area contributed by atoms with Crippen LogP contribution >= 0.6 is 0 Å². The molecule has 0 aromatic carbocycles. The fourth-order valence-corrected chi connectivity index (χ4v) is 3.56. The van der Waals surface area contributed by atoms with E-state index in [9.17, 15) is 0 Å². The fraction of sp³-hybridized carbons (Fsp3) is 1.00. The quantitative estimate of drug-likeness (QED) is 0.654. The van der Waals surface area contributed by atoms with E-state index in [1.807, 2.05) is 0 Å². The van der Waals surface area contributed by atoms with Crippen molar-refractivity contribution in [2.75, 3.05) is 13.1 Å². The van der Waals surface area contributed by atoms with Crippen LogP contribution in [0.4, 0.5) is 0 Å². The molecule has 0 spiro atoms. The van der Waals surface area contributed by atoms with E-state index < -0.39 is 0 Å². The second-order valence-electron chi connectivity index (χ2n) is 6.00. The van der Waals surface area contributed by atoms with Crippen LogP contribution in [0.25, 0.3) is 0 Å². The summed E-state index contributed by atoms with van der Waals surface area (Å²) < 4.78 is 0. The molecule has 3 fully saturated rings. The number of hydrogen-bond donors (Lipinski definition) is 0. The summed E-state index contributed by atoms with van der Waals surface area (Å²) in [5, 5.41) is 0. The minimum atomic E-state index is 0.853. The summed E-state index contributed by atoms with van der Waals surface area (Å²) in [4.78, 5) is 2.76. The van der Waals surface area contributed by atoms with Crippen LogP contribution in [0.1, 0.15) is 40.5 Å². The number of hydrogen-bond acceptors (Lipinski definition) is 1. The second kappa shape index (κ2) is 3.84. The zero-order chi connectivity index (χ0) is 10.3. The molecule has 0 radical (unpaired) electrons. The molecule has 2 bridgehead atoms. The molecule has 0 aromatic heterocycles. The molecular formula is C13H25N. The molecule has 1 nitrogen and oxygen atoms in total. The minimum absolute atomic E-state index is 0.853. The highest BCUT2D eigenvalue weighted by molar-refractivity contribution is 4.94. The summed E-state index contributed by atoms with van der Waals surface area (Å²) in [6.45, 7) is 12.3. The molecule has 4 atom stereocenters. The molecule has 3 aliphatic rings. The third-order valence-corrected chi connectivity index (χ3v) is 4.48. The standard InChI is InChI=1S/C13H25N/c1-9(2)12-8-14-6-5-11(12)7-13(14)10(3)4/h9-13H,5-8H2,1-4H3/t11-,12?,13?/m0/s1. The van der Waals surface area contributed by atoms with E-state index in [0.29, 0.717) is 0 Å². The maximum absolute atomic E-state index is 2.76. The van der Waals surface area contributed by atoms with Crippen LogP contribution in [-0.4, -0.2) is 24.0 Å². The van der Waals surface area contributed by atoms with Gasteiger partial charge >= 0.3 is 0 Å². The van der Waals surface area contributed by atoms with Crippen molar-refractivity contribution in [3.8, 4) is 0 Å². The van der Waals surface area contributed by atoms with Crippen LogP contribution in [0, 0.1) is 23.7 Å². The number of nitrogens with zero attached hydrogens (tertiary/aromatic N) is 1. The molecule has 14 heavy (non-hydrogen) atoms. The van der Waals surface area contributed by atoms with Crippen LogP contribution < -0.4 is 0 Å². The number of rotatable bonds is 2. The van der Waals surface area contributed by atoms with Gasteiger partial charge in [-0.25, -0.2) is 0 Å². The molecule has 3 rings (SSSR count). The molecule has 0 aromatic rings. The van der Waals surface area contributed by atoms with E-state index in [1.165, 1.54) is 25.9 Å². The second-order valence-corrected chi connectivity index (χ2v) is 6.00. The van der Waals surface area contributed by atoms with Gasteiger partial charge in [-0.1, -0.05) is 27.7 Å². The molecule has 1 heteroatoms. The summed E-state index contributed by atoms with van der Waals surface area (Å²) >= 11 is 0. The summed E-state index contributed by atoms with van der Waals surface area (Å²) in [5.74, 6) is 3.76. The Kier molecular flexibility index (Phi) is 2.88.